The minimum Gasteiger partial charge on any atom is -0.443 e. The van der Waals surface area contributed by atoms with E-state index in [1.807, 2.05) is 52.0 Å². The first-order valence-corrected chi connectivity index (χ1v) is 5.85. The van der Waals surface area contributed by atoms with E-state index in [4.69, 9.17) is 11.2 Å². The van der Waals surface area contributed by atoms with Crippen LogP contribution < -0.4 is 4.90 Å². The van der Waals surface area contributed by atoms with Gasteiger partial charge in [0.1, 0.15) is 5.60 Å². The highest BCUT2D eigenvalue weighted by Gasteiger charge is 2.23. The molecule has 1 aromatic carbocycles. The van der Waals surface area contributed by atoms with Crippen molar-refractivity contribution in [3.63, 3.8) is 0 Å². The Morgan fingerprint density at radius 1 is 1.39 bits per heavy atom. The third-order valence-electron chi connectivity index (χ3n) is 2.27. The van der Waals surface area contributed by atoms with Gasteiger partial charge >= 0.3 is 6.09 Å². The number of nitrogens with zero attached hydrogens (tertiary/aromatic N) is 1. The Balaban J connectivity index is 3.01. The lowest BCUT2D eigenvalue weighted by atomic mass is 10.2. The molecule has 0 saturated heterocycles. The lowest BCUT2D eigenvalue weighted by Crippen LogP contribution is -2.37. The monoisotopic (exact) mass is 245 g/mol. The first kappa shape index (κ1) is 14.1. The number of amides is 1. The van der Waals surface area contributed by atoms with Crippen LogP contribution in [0.25, 0.3) is 0 Å². The Morgan fingerprint density at radius 3 is 2.50 bits per heavy atom. The molecule has 0 N–H and O–H groups in total. The molecule has 0 unspecified atom stereocenters. The maximum Gasteiger partial charge on any atom is 0.415 e. The SMILES string of the molecule is C#CCN(C(=O)OC(C)(C)C)c1ccccc1C. The Bertz CT molecular complexity index is 466. The van der Waals surface area contributed by atoms with Gasteiger partial charge in [-0.3, -0.25) is 4.90 Å². The molecule has 0 bridgehead atoms. The van der Waals surface area contributed by atoms with E-state index in [1.54, 1.807) is 0 Å². The number of aryl methyl sites for hydroxylation is 1. The van der Waals surface area contributed by atoms with Gasteiger partial charge in [0.25, 0.3) is 0 Å². The van der Waals surface area contributed by atoms with Crippen molar-refractivity contribution in [1.82, 2.24) is 0 Å². The van der Waals surface area contributed by atoms with Crippen LogP contribution in [0.1, 0.15) is 26.3 Å². The zero-order valence-corrected chi connectivity index (χ0v) is 11.4. The average molecular weight is 245 g/mol. The Kier molecular flexibility index (Phi) is 4.38. The molecule has 3 nitrogen and oxygen atoms in total. The van der Waals surface area contributed by atoms with E-state index in [2.05, 4.69) is 5.92 Å². The molecule has 1 rings (SSSR count). The fourth-order valence-electron chi connectivity index (χ4n) is 1.52. The minimum absolute atomic E-state index is 0.194. The summed E-state index contributed by atoms with van der Waals surface area (Å²) in [7, 11) is 0. The molecule has 0 aliphatic rings. The molecule has 0 aliphatic heterocycles. The number of benzene rings is 1. The summed E-state index contributed by atoms with van der Waals surface area (Å²) in [6, 6.07) is 7.58. The topological polar surface area (TPSA) is 29.5 Å². The van der Waals surface area contributed by atoms with E-state index in [9.17, 15) is 4.79 Å². The van der Waals surface area contributed by atoms with Gasteiger partial charge in [0.05, 0.1) is 12.2 Å². The van der Waals surface area contributed by atoms with Crippen LogP contribution in [0.4, 0.5) is 10.5 Å². The van der Waals surface area contributed by atoms with E-state index in [0.29, 0.717) is 0 Å². The molecule has 0 aliphatic carbocycles. The first-order valence-electron chi connectivity index (χ1n) is 5.85. The van der Waals surface area contributed by atoms with Crippen LogP contribution in [-0.4, -0.2) is 18.2 Å². The third kappa shape index (κ3) is 3.81. The highest BCUT2D eigenvalue weighted by atomic mass is 16.6. The second-order valence-electron chi connectivity index (χ2n) is 5.06. The van der Waals surface area contributed by atoms with Crippen LogP contribution in [0.5, 0.6) is 0 Å². The number of rotatable bonds is 2. The van der Waals surface area contributed by atoms with Crippen LogP contribution in [0.3, 0.4) is 0 Å². The van der Waals surface area contributed by atoms with Crippen LogP contribution in [0.2, 0.25) is 0 Å². The Morgan fingerprint density at radius 2 is 2.00 bits per heavy atom. The van der Waals surface area contributed by atoms with E-state index < -0.39 is 11.7 Å². The van der Waals surface area contributed by atoms with Gasteiger partial charge in [0, 0.05) is 0 Å². The van der Waals surface area contributed by atoms with Gasteiger partial charge in [-0.05, 0) is 39.3 Å². The highest BCUT2D eigenvalue weighted by Crippen LogP contribution is 2.21. The van der Waals surface area contributed by atoms with Gasteiger partial charge in [-0.15, -0.1) is 6.42 Å². The predicted octanol–water partition coefficient (Wildman–Crippen LogP) is 3.37. The standard InChI is InChI=1S/C15H19NO2/c1-6-11-16(14(17)18-15(3,4)5)13-10-8-7-9-12(13)2/h1,7-10H,11H2,2-5H3. The molecular formula is C15H19NO2. The summed E-state index contributed by atoms with van der Waals surface area (Å²) in [5, 5.41) is 0. The number of carbonyl (C=O) groups is 1. The zero-order valence-electron chi connectivity index (χ0n) is 11.4. The molecule has 0 spiro atoms. The molecule has 18 heavy (non-hydrogen) atoms. The van der Waals surface area contributed by atoms with Crippen molar-refractivity contribution in [3.05, 3.63) is 29.8 Å². The van der Waals surface area contributed by atoms with E-state index >= 15 is 0 Å². The average Bonchev–Trinajstić information content (AvgIpc) is 2.24. The summed E-state index contributed by atoms with van der Waals surface area (Å²) in [6.45, 7) is 7.62. The molecule has 1 amide bonds. The zero-order chi connectivity index (χ0) is 13.8. The van der Waals surface area contributed by atoms with E-state index in [0.717, 1.165) is 11.3 Å². The number of para-hydroxylation sites is 1. The quantitative estimate of drug-likeness (QED) is 0.748. The van der Waals surface area contributed by atoms with Crippen LogP contribution in [-0.2, 0) is 4.74 Å². The third-order valence-corrected chi connectivity index (χ3v) is 2.27. The Hall–Kier alpha value is -1.95. The molecular weight excluding hydrogens is 226 g/mol. The van der Waals surface area contributed by atoms with Crippen molar-refractivity contribution in [1.29, 1.82) is 0 Å². The number of anilines is 1. The molecule has 1 aromatic rings. The summed E-state index contributed by atoms with van der Waals surface area (Å²) in [5.74, 6) is 2.49. The first-order chi connectivity index (χ1) is 8.35. The van der Waals surface area contributed by atoms with Gasteiger partial charge < -0.3 is 4.74 Å². The Labute approximate surface area is 109 Å². The minimum atomic E-state index is -0.535. The van der Waals surface area contributed by atoms with Crippen LogP contribution in [0.15, 0.2) is 24.3 Å². The maximum atomic E-state index is 12.1. The molecule has 0 radical (unpaired) electrons. The fourth-order valence-corrected chi connectivity index (χ4v) is 1.52. The van der Waals surface area contributed by atoms with Crippen molar-refractivity contribution >= 4 is 11.8 Å². The number of hydrogen-bond acceptors (Lipinski definition) is 2. The molecule has 0 fully saturated rings. The largest absolute Gasteiger partial charge is 0.443 e. The second kappa shape index (κ2) is 5.59. The van der Waals surface area contributed by atoms with Crippen molar-refractivity contribution in [3.8, 4) is 12.3 Å². The summed E-state index contributed by atoms with van der Waals surface area (Å²) in [4.78, 5) is 13.6. The number of terminal acetylenes is 1. The number of hydrogen-bond donors (Lipinski definition) is 0. The molecule has 3 heteroatoms. The van der Waals surface area contributed by atoms with E-state index in [1.165, 1.54) is 4.90 Å². The van der Waals surface area contributed by atoms with Gasteiger partial charge in [-0.2, -0.15) is 0 Å². The summed E-state index contributed by atoms with van der Waals surface area (Å²) >= 11 is 0. The van der Waals surface area contributed by atoms with Crippen LogP contribution in [0, 0.1) is 19.3 Å². The molecule has 0 aromatic heterocycles. The van der Waals surface area contributed by atoms with Gasteiger partial charge in [0.15, 0.2) is 0 Å². The lowest BCUT2D eigenvalue weighted by molar-refractivity contribution is 0.0585. The van der Waals surface area contributed by atoms with Crippen molar-refractivity contribution in [2.75, 3.05) is 11.4 Å². The van der Waals surface area contributed by atoms with E-state index in [-0.39, 0.29) is 6.54 Å². The van der Waals surface area contributed by atoms with Gasteiger partial charge in [-0.25, -0.2) is 4.79 Å². The smallest absolute Gasteiger partial charge is 0.415 e. The molecule has 96 valence electrons. The van der Waals surface area contributed by atoms with Crippen molar-refractivity contribution in [2.24, 2.45) is 0 Å². The number of carbonyl (C=O) groups excluding carboxylic acids is 1. The van der Waals surface area contributed by atoms with Crippen molar-refractivity contribution in [2.45, 2.75) is 33.3 Å². The number of ether oxygens (including phenoxy) is 1. The summed E-state index contributed by atoms with van der Waals surface area (Å²) in [6.07, 6.45) is 4.90. The van der Waals surface area contributed by atoms with Crippen LogP contribution >= 0.6 is 0 Å². The van der Waals surface area contributed by atoms with Crippen molar-refractivity contribution < 1.29 is 9.53 Å². The molecule has 0 heterocycles. The summed E-state index contributed by atoms with van der Waals surface area (Å²) in [5.41, 5.74) is 1.23. The fraction of sp³-hybridized carbons (Fsp3) is 0.400. The molecule has 0 saturated carbocycles. The lowest BCUT2D eigenvalue weighted by Gasteiger charge is -2.27. The van der Waals surface area contributed by atoms with Gasteiger partial charge in [0.2, 0.25) is 0 Å². The maximum absolute atomic E-state index is 12.1. The predicted molar refractivity (Wildman–Crippen MR) is 73.6 cm³/mol. The van der Waals surface area contributed by atoms with Gasteiger partial charge in [-0.1, -0.05) is 24.1 Å². The highest BCUT2D eigenvalue weighted by molar-refractivity contribution is 5.89. The second-order valence-corrected chi connectivity index (χ2v) is 5.06. The normalized spacial score (nSPS) is 10.6. The summed E-state index contributed by atoms with van der Waals surface area (Å²) < 4.78 is 5.35. The molecule has 0 atom stereocenters.